The van der Waals surface area contributed by atoms with E-state index in [9.17, 15) is 8.42 Å². The van der Waals surface area contributed by atoms with E-state index in [-0.39, 0.29) is 5.75 Å². The molecule has 0 aliphatic heterocycles. The molecular weight excluding hydrogens is 378 g/mol. The maximum absolute atomic E-state index is 10.9. The van der Waals surface area contributed by atoms with Crippen molar-refractivity contribution in [1.29, 1.82) is 0 Å². The third kappa shape index (κ3) is 4.51. The maximum atomic E-state index is 10.9. The molecule has 9 heteroatoms. The molecule has 3 rings (SSSR count). The standard InChI is InChI=1S/C17H18ClN3O4S/c1-12-19-9-10-21(12)17-20-16(13-5-7-14(18)8-6-13)15(25-17)4-2-3-11-26(22,23)24/h5-10H,2-4,11H2,1H3,(H,22,23,24). The second-order valence-electron chi connectivity index (χ2n) is 5.86. The smallest absolute Gasteiger partial charge is 0.307 e. The molecule has 1 aromatic carbocycles. The zero-order valence-electron chi connectivity index (χ0n) is 14.1. The van der Waals surface area contributed by atoms with Gasteiger partial charge in [-0.25, -0.2) is 4.98 Å². The summed E-state index contributed by atoms with van der Waals surface area (Å²) in [4.78, 5) is 8.76. The van der Waals surface area contributed by atoms with Crippen molar-refractivity contribution in [1.82, 2.24) is 14.5 Å². The summed E-state index contributed by atoms with van der Waals surface area (Å²) >= 11 is 5.95. The second kappa shape index (κ2) is 7.61. The minimum atomic E-state index is -3.95. The number of unbranched alkanes of at least 4 members (excludes halogenated alkanes) is 1. The summed E-state index contributed by atoms with van der Waals surface area (Å²) in [6, 6.07) is 7.65. The number of benzene rings is 1. The van der Waals surface area contributed by atoms with Crippen LogP contribution in [0.4, 0.5) is 0 Å². The third-order valence-electron chi connectivity index (χ3n) is 3.89. The van der Waals surface area contributed by atoms with Crippen LogP contribution in [0.25, 0.3) is 17.3 Å². The van der Waals surface area contributed by atoms with E-state index in [1.54, 1.807) is 29.1 Å². The molecule has 0 aliphatic rings. The fraction of sp³-hybridized carbons (Fsp3) is 0.294. The number of halogens is 1. The fourth-order valence-electron chi connectivity index (χ4n) is 2.60. The highest BCUT2D eigenvalue weighted by molar-refractivity contribution is 7.85. The second-order valence-corrected chi connectivity index (χ2v) is 7.87. The SMILES string of the molecule is Cc1nccn1-c1nc(-c2ccc(Cl)cc2)c(CCCCS(=O)(=O)O)o1. The molecule has 7 nitrogen and oxygen atoms in total. The predicted octanol–water partition coefficient (Wildman–Crippen LogP) is 3.70. The Morgan fingerprint density at radius 1 is 1.23 bits per heavy atom. The molecule has 0 unspecified atom stereocenters. The molecule has 0 fully saturated rings. The largest absolute Gasteiger partial charge is 0.427 e. The van der Waals surface area contributed by atoms with Gasteiger partial charge in [0, 0.05) is 29.4 Å². The molecule has 2 heterocycles. The van der Waals surface area contributed by atoms with Crippen molar-refractivity contribution in [3.8, 4) is 17.3 Å². The van der Waals surface area contributed by atoms with Gasteiger partial charge in [0.15, 0.2) is 0 Å². The molecule has 26 heavy (non-hydrogen) atoms. The van der Waals surface area contributed by atoms with E-state index in [0.717, 1.165) is 11.4 Å². The molecule has 0 spiro atoms. The summed E-state index contributed by atoms with van der Waals surface area (Å²) in [6.07, 6.45) is 4.79. The van der Waals surface area contributed by atoms with Crippen molar-refractivity contribution in [2.75, 3.05) is 5.75 Å². The lowest BCUT2D eigenvalue weighted by Crippen LogP contribution is -2.04. The Bertz CT molecular complexity index is 993. The number of hydrogen-bond donors (Lipinski definition) is 1. The molecule has 3 aromatic rings. The highest BCUT2D eigenvalue weighted by atomic mass is 35.5. The zero-order chi connectivity index (χ0) is 18.7. The first-order chi connectivity index (χ1) is 12.3. The Morgan fingerprint density at radius 2 is 1.96 bits per heavy atom. The van der Waals surface area contributed by atoms with Gasteiger partial charge in [-0.15, -0.1) is 0 Å². The van der Waals surface area contributed by atoms with Crippen LogP contribution in [0.15, 0.2) is 41.1 Å². The van der Waals surface area contributed by atoms with Crippen molar-refractivity contribution in [3.63, 3.8) is 0 Å². The van der Waals surface area contributed by atoms with E-state index in [0.29, 0.717) is 41.8 Å². The van der Waals surface area contributed by atoms with Crippen molar-refractivity contribution < 1.29 is 17.4 Å². The van der Waals surface area contributed by atoms with Gasteiger partial charge in [0.05, 0.1) is 5.75 Å². The fourth-order valence-corrected chi connectivity index (χ4v) is 3.29. The van der Waals surface area contributed by atoms with Crippen LogP contribution in [0.5, 0.6) is 0 Å². The van der Waals surface area contributed by atoms with Gasteiger partial charge >= 0.3 is 6.01 Å². The van der Waals surface area contributed by atoms with Crippen molar-refractivity contribution in [2.45, 2.75) is 26.2 Å². The van der Waals surface area contributed by atoms with E-state index >= 15 is 0 Å². The summed E-state index contributed by atoms with van der Waals surface area (Å²) < 4.78 is 38.2. The number of nitrogens with zero attached hydrogens (tertiary/aromatic N) is 3. The summed E-state index contributed by atoms with van der Waals surface area (Å²) in [5.74, 6) is 1.11. The average Bonchev–Trinajstić information content (AvgIpc) is 3.17. The quantitative estimate of drug-likeness (QED) is 0.483. The van der Waals surface area contributed by atoms with Gasteiger partial charge in [0.2, 0.25) is 0 Å². The lowest BCUT2D eigenvalue weighted by molar-refractivity contribution is 0.466. The highest BCUT2D eigenvalue weighted by Gasteiger charge is 2.17. The number of imidazole rings is 1. The van der Waals surface area contributed by atoms with Crippen LogP contribution < -0.4 is 0 Å². The molecule has 0 radical (unpaired) electrons. The molecule has 0 aliphatic carbocycles. The molecule has 2 aromatic heterocycles. The Morgan fingerprint density at radius 3 is 2.58 bits per heavy atom. The Labute approximate surface area is 156 Å². The summed E-state index contributed by atoms with van der Waals surface area (Å²) in [6.45, 7) is 1.85. The summed E-state index contributed by atoms with van der Waals surface area (Å²) in [7, 11) is -3.95. The first-order valence-electron chi connectivity index (χ1n) is 8.04. The number of oxazole rings is 1. The van der Waals surface area contributed by atoms with E-state index in [1.807, 2.05) is 19.1 Å². The zero-order valence-corrected chi connectivity index (χ0v) is 15.7. The highest BCUT2D eigenvalue weighted by Crippen LogP contribution is 2.28. The predicted molar refractivity (Wildman–Crippen MR) is 98.2 cm³/mol. The van der Waals surface area contributed by atoms with Crippen LogP contribution >= 0.6 is 11.6 Å². The van der Waals surface area contributed by atoms with Crippen molar-refractivity contribution >= 4 is 21.7 Å². The summed E-state index contributed by atoms with van der Waals surface area (Å²) in [5.41, 5.74) is 1.53. The number of rotatable bonds is 7. The van der Waals surface area contributed by atoms with Crippen LogP contribution in [0.3, 0.4) is 0 Å². The molecule has 0 bridgehead atoms. The molecule has 0 saturated carbocycles. The molecule has 1 N–H and O–H groups in total. The Hall–Kier alpha value is -2.16. The van der Waals surface area contributed by atoms with Gasteiger partial charge in [-0.05, 0) is 31.9 Å². The topological polar surface area (TPSA) is 98.2 Å². The Kier molecular flexibility index (Phi) is 5.45. The van der Waals surface area contributed by atoms with Crippen LogP contribution in [0.2, 0.25) is 5.02 Å². The molecular formula is C17H18ClN3O4S. The van der Waals surface area contributed by atoms with E-state index in [1.165, 1.54) is 0 Å². The van der Waals surface area contributed by atoms with Gasteiger partial charge in [0.25, 0.3) is 10.1 Å². The number of hydrogen-bond acceptors (Lipinski definition) is 5. The molecule has 0 amide bonds. The molecule has 0 saturated heterocycles. The lowest BCUT2D eigenvalue weighted by Gasteiger charge is -2.01. The first-order valence-corrected chi connectivity index (χ1v) is 10.0. The normalized spacial score (nSPS) is 11.8. The van der Waals surface area contributed by atoms with Gasteiger partial charge in [-0.2, -0.15) is 13.4 Å². The monoisotopic (exact) mass is 395 g/mol. The third-order valence-corrected chi connectivity index (χ3v) is 4.95. The van der Waals surface area contributed by atoms with Crippen LogP contribution in [-0.4, -0.2) is 33.3 Å². The van der Waals surface area contributed by atoms with Gasteiger partial charge < -0.3 is 4.42 Å². The van der Waals surface area contributed by atoms with Crippen molar-refractivity contribution in [3.05, 3.63) is 53.3 Å². The van der Waals surface area contributed by atoms with Gasteiger partial charge in [0.1, 0.15) is 17.3 Å². The van der Waals surface area contributed by atoms with Crippen LogP contribution in [0.1, 0.15) is 24.4 Å². The average molecular weight is 396 g/mol. The lowest BCUT2D eigenvalue weighted by atomic mass is 10.1. The number of aryl methyl sites for hydroxylation is 2. The summed E-state index contributed by atoms with van der Waals surface area (Å²) in [5, 5.41) is 0.623. The van der Waals surface area contributed by atoms with Crippen LogP contribution in [0, 0.1) is 6.92 Å². The van der Waals surface area contributed by atoms with E-state index in [4.69, 9.17) is 20.6 Å². The van der Waals surface area contributed by atoms with E-state index < -0.39 is 10.1 Å². The van der Waals surface area contributed by atoms with Crippen molar-refractivity contribution in [2.24, 2.45) is 0 Å². The Balaban J connectivity index is 1.89. The molecule has 138 valence electrons. The van der Waals surface area contributed by atoms with E-state index in [2.05, 4.69) is 9.97 Å². The maximum Gasteiger partial charge on any atom is 0.307 e. The minimum absolute atomic E-state index is 0.273. The van der Waals surface area contributed by atoms with Gasteiger partial charge in [-0.1, -0.05) is 23.7 Å². The first kappa shape index (κ1) is 18.6. The van der Waals surface area contributed by atoms with Gasteiger partial charge in [-0.3, -0.25) is 9.12 Å². The minimum Gasteiger partial charge on any atom is -0.427 e. The number of aromatic nitrogens is 3. The molecule has 0 atom stereocenters. The van der Waals surface area contributed by atoms with Crippen LogP contribution in [-0.2, 0) is 16.5 Å².